The van der Waals surface area contributed by atoms with Crippen LogP contribution in [0.1, 0.15) is 29.2 Å². The third kappa shape index (κ3) is 3.66. The van der Waals surface area contributed by atoms with Gasteiger partial charge >= 0.3 is 0 Å². The molecule has 1 atom stereocenters. The first kappa shape index (κ1) is 21.6. The zero-order valence-corrected chi connectivity index (χ0v) is 19.4. The van der Waals surface area contributed by atoms with Crippen LogP contribution in [0.3, 0.4) is 0 Å². The molecular formula is C23H25ClN6O4. The van der Waals surface area contributed by atoms with Crippen LogP contribution < -0.4 is 0 Å². The lowest BCUT2D eigenvalue weighted by atomic mass is 9.88. The quantitative estimate of drug-likeness (QED) is 0.548. The fourth-order valence-corrected chi connectivity index (χ4v) is 5.32. The van der Waals surface area contributed by atoms with Gasteiger partial charge in [-0.3, -0.25) is 9.59 Å². The van der Waals surface area contributed by atoms with Crippen LogP contribution in [0.25, 0.3) is 5.65 Å². The molecule has 0 saturated carbocycles. The molecule has 3 aliphatic heterocycles. The highest BCUT2D eigenvalue weighted by Crippen LogP contribution is 2.40. The van der Waals surface area contributed by atoms with Crippen LogP contribution >= 0.6 is 11.6 Å². The average molecular weight is 485 g/mol. The second kappa shape index (κ2) is 8.37. The van der Waals surface area contributed by atoms with Crippen molar-refractivity contribution in [2.24, 2.45) is 0 Å². The Balaban J connectivity index is 1.20. The lowest BCUT2D eigenvalue weighted by Gasteiger charge is -2.46. The van der Waals surface area contributed by atoms with Gasteiger partial charge in [0.25, 0.3) is 11.8 Å². The SMILES string of the molecule is O=C(c1cn2cc(Cl)ccc2n1)N1CCC2(CC1)OC(C(=O)N1CCOCC1)Cn1ccnc12. The highest BCUT2D eigenvalue weighted by atomic mass is 35.5. The predicted molar refractivity (Wildman–Crippen MR) is 122 cm³/mol. The van der Waals surface area contributed by atoms with Crippen molar-refractivity contribution >= 4 is 29.1 Å². The summed E-state index contributed by atoms with van der Waals surface area (Å²) >= 11 is 6.06. The van der Waals surface area contributed by atoms with E-state index in [-0.39, 0.29) is 11.8 Å². The largest absolute Gasteiger partial charge is 0.378 e. The predicted octanol–water partition coefficient (Wildman–Crippen LogP) is 1.57. The molecule has 3 aromatic heterocycles. The monoisotopic (exact) mass is 484 g/mol. The van der Waals surface area contributed by atoms with E-state index in [1.165, 1.54) is 0 Å². The Bertz CT molecular complexity index is 1240. The fourth-order valence-electron chi connectivity index (χ4n) is 5.15. The zero-order chi connectivity index (χ0) is 23.3. The van der Waals surface area contributed by atoms with E-state index in [1.807, 2.05) is 15.7 Å². The first-order valence-corrected chi connectivity index (χ1v) is 11.9. The van der Waals surface area contributed by atoms with Crippen molar-refractivity contribution in [2.75, 3.05) is 39.4 Å². The molecule has 6 rings (SSSR count). The second-order valence-corrected chi connectivity index (χ2v) is 9.41. The van der Waals surface area contributed by atoms with Crippen molar-refractivity contribution in [3.8, 4) is 0 Å². The van der Waals surface area contributed by atoms with Gasteiger partial charge in [-0.15, -0.1) is 0 Å². The molecule has 2 saturated heterocycles. The van der Waals surface area contributed by atoms with E-state index in [9.17, 15) is 9.59 Å². The number of imidazole rings is 2. The second-order valence-electron chi connectivity index (χ2n) is 8.97. The number of morpholine rings is 1. The fraction of sp³-hybridized carbons (Fsp3) is 0.478. The summed E-state index contributed by atoms with van der Waals surface area (Å²) in [6.45, 7) is 3.67. The Labute approximate surface area is 201 Å². The number of nitrogens with zero attached hydrogens (tertiary/aromatic N) is 6. The van der Waals surface area contributed by atoms with Crippen molar-refractivity contribution in [1.29, 1.82) is 0 Å². The number of fused-ring (bicyclic) bond motifs is 3. The molecule has 11 heteroatoms. The Morgan fingerprint density at radius 2 is 1.85 bits per heavy atom. The molecule has 2 fully saturated rings. The minimum absolute atomic E-state index is 0.0103. The molecule has 34 heavy (non-hydrogen) atoms. The molecule has 0 aliphatic carbocycles. The van der Waals surface area contributed by atoms with Gasteiger partial charge in [0.1, 0.15) is 22.8 Å². The van der Waals surface area contributed by atoms with Crippen molar-refractivity contribution in [2.45, 2.75) is 31.1 Å². The minimum Gasteiger partial charge on any atom is -0.378 e. The van der Waals surface area contributed by atoms with Gasteiger partial charge in [-0.25, -0.2) is 9.97 Å². The van der Waals surface area contributed by atoms with Gasteiger partial charge in [-0.1, -0.05) is 11.6 Å². The van der Waals surface area contributed by atoms with Crippen molar-refractivity contribution in [1.82, 2.24) is 28.7 Å². The van der Waals surface area contributed by atoms with Gasteiger partial charge in [-0.05, 0) is 12.1 Å². The Hall–Kier alpha value is -2.95. The van der Waals surface area contributed by atoms with Gasteiger partial charge in [-0.2, -0.15) is 0 Å². The van der Waals surface area contributed by atoms with Crippen LogP contribution in [-0.2, 0) is 26.4 Å². The number of hydrogen-bond acceptors (Lipinski definition) is 6. The number of carbonyl (C=O) groups is 2. The smallest absolute Gasteiger partial charge is 0.274 e. The molecule has 0 radical (unpaired) electrons. The molecular weight excluding hydrogens is 460 g/mol. The molecule has 1 unspecified atom stereocenters. The molecule has 10 nitrogen and oxygen atoms in total. The lowest BCUT2D eigenvalue weighted by molar-refractivity contribution is -0.182. The maximum absolute atomic E-state index is 13.2. The van der Waals surface area contributed by atoms with E-state index in [2.05, 4.69) is 9.97 Å². The molecule has 2 amide bonds. The van der Waals surface area contributed by atoms with Gasteiger partial charge in [0.2, 0.25) is 0 Å². The summed E-state index contributed by atoms with van der Waals surface area (Å²) in [4.78, 5) is 39.0. The number of carbonyl (C=O) groups excluding carboxylic acids is 2. The Morgan fingerprint density at radius 1 is 1.06 bits per heavy atom. The highest BCUT2D eigenvalue weighted by Gasteiger charge is 2.48. The molecule has 1 spiro atoms. The van der Waals surface area contributed by atoms with Crippen LogP contribution in [0.5, 0.6) is 0 Å². The van der Waals surface area contributed by atoms with Crippen LogP contribution in [-0.4, -0.2) is 86.0 Å². The summed E-state index contributed by atoms with van der Waals surface area (Å²) in [6.07, 6.45) is 7.62. The van der Waals surface area contributed by atoms with E-state index in [0.717, 1.165) is 5.82 Å². The summed E-state index contributed by atoms with van der Waals surface area (Å²) in [5.41, 5.74) is 0.352. The summed E-state index contributed by atoms with van der Waals surface area (Å²) in [7, 11) is 0. The number of likely N-dealkylation sites (tertiary alicyclic amines) is 1. The first-order chi connectivity index (χ1) is 16.5. The van der Waals surface area contributed by atoms with Crippen molar-refractivity contribution < 1.29 is 19.1 Å². The number of hydrogen-bond donors (Lipinski definition) is 0. The molecule has 178 valence electrons. The van der Waals surface area contributed by atoms with Gasteiger partial charge in [0, 0.05) is 63.8 Å². The van der Waals surface area contributed by atoms with E-state index >= 15 is 0 Å². The van der Waals surface area contributed by atoms with Crippen molar-refractivity contribution in [3.63, 3.8) is 0 Å². The van der Waals surface area contributed by atoms with Gasteiger partial charge < -0.3 is 28.2 Å². The first-order valence-electron chi connectivity index (χ1n) is 11.5. The maximum Gasteiger partial charge on any atom is 0.274 e. The third-order valence-electron chi connectivity index (χ3n) is 6.94. The Kier molecular flexibility index (Phi) is 5.31. The summed E-state index contributed by atoms with van der Waals surface area (Å²) in [6, 6.07) is 3.53. The molecule has 3 aliphatic rings. The lowest BCUT2D eigenvalue weighted by Crippen LogP contribution is -2.56. The number of aromatic nitrogens is 4. The molecule has 0 bridgehead atoms. The number of ether oxygens (including phenoxy) is 2. The van der Waals surface area contributed by atoms with Crippen molar-refractivity contribution in [3.05, 3.63) is 53.5 Å². The summed E-state index contributed by atoms with van der Waals surface area (Å²) in [5, 5.41) is 0.579. The topological polar surface area (TPSA) is 94.2 Å². The average Bonchev–Trinajstić information content (AvgIpc) is 3.51. The van der Waals surface area contributed by atoms with Gasteiger partial charge in [0.05, 0.1) is 24.8 Å². The maximum atomic E-state index is 13.2. The standard InChI is InChI=1S/C23H25ClN6O4/c24-16-1-2-19-26-17(14-30(19)13-16)20(31)27-6-3-23(4-7-27)22-25-5-8-29(22)15-18(34-23)21(32)28-9-11-33-12-10-28/h1-2,5,8,13-14,18H,3-4,6-7,9-12,15H2. The number of halogens is 1. The molecule has 0 N–H and O–H groups in total. The van der Waals surface area contributed by atoms with Crippen LogP contribution in [0.15, 0.2) is 36.9 Å². The normalized spacial score (nSPS) is 22.2. The van der Waals surface area contributed by atoms with Crippen LogP contribution in [0.4, 0.5) is 0 Å². The van der Waals surface area contributed by atoms with E-state index in [4.69, 9.17) is 21.1 Å². The third-order valence-corrected chi connectivity index (χ3v) is 7.17. The van der Waals surface area contributed by atoms with Crippen LogP contribution in [0.2, 0.25) is 5.02 Å². The number of rotatable bonds is 2. The number of amides is 2. The molecule has 3 aromatic rings. The van der Waals surface area contributed by atoms with Crippen LogP contribution in [0, 0.1) is 0 Å². The van der Waals surface area contributed by atoms with E-state index in [0.29, 0.717) is 75.1 Å². The van der Waals surface area contributed by atoms with E-state index in [1.54, 1.807) is 40.0 Å². The highest BCUT2D eigenvalue weighted by molar-refractivity contribution is 6.30. The summed E-state index contributed by atoms with van der Waals surface area (Å²) in [5.74, 6) is 0.687. The zero-order valence-electron chi connectivity index (χ0n) is 18.6. The number of pyridine rings is 1. The van der Waals surface area contributed by atoms with Gasteiger partial charge in [0.15, 0.2) is 6.10 Å². The summed E-state index contributed by atoms with van der Waals surface area (Å²) < 4.78 is 15.7. The number of piperidine rings is 1. The molecule has 0 aromatic carbocycles. The minimum atomic E-state index is -0.697. The Morgan fingerprint density at radius 3 is 2.65 bits per heavy atom. The molecule has 6 heterocycles. The van der Waals surface area contributed by atoms with E-state index < -0.39 is 11.7 Å².